The number of nitrogens with zero attached hydrogens (tertiary/aromatic N) is 2. The molecule has 6 heteroatoms. The number of nitrogens with one attached hydrogen (secondary N) is 1. The lowest BCUT2D eigenvalue weighted by Crippen LogP contribution is -2.07. The standard InChI is InChI=1S/C14H14F3N3/c1-3-10-5-4-9(2)12(6-10)20-13-18-7-11(8-19-13)14(15,16)17/h4-8H,3H2,1-2H3,(H,18,19,20). The van der Waals surface area contributed by atoms with E-state index >= 15 is 0 Å². The number of rotatable bonds is 3. The van der Waals surface area contributed by atoms with Crippen molar-refractivity contribution in [2.45, 2.75) is 26.4 Å². The molecule has 0 aliphatic heterocycles. The second-order valence-corrected chi connectivity index (χ2v) is 4.42. The summed E-state index contributed by atoms with van der Waals surface area (Å²) in [4.78, 5) is 7.39. The van der Waals surface area contributed by atoms with Gasteiger partial charge in [0, 0.05) is 18.1 Å². The average molecular weight is 281 g/mol. The molecule has 0 saturated carbocycles. The summed E-state index contributed by atoms with van der Waals surface area (Å²) in [5, 5.41) is 2.94. The Bertz CT molecular complexity index is 592. The van der Waals surface area contributed by atoms with Crippen molar-refractivity contribution in [1.29, 1.82) is 0 Å². The van der Waals surface area contributed by atoms with E-state index in [1.165, 1.54) is 0 Å². The SMILES string of the molecule is CCc1ccc(C)c(Nc2ncc(C(F)(F)F)cn2)c1. The van der Waals surface area contributed by atoms with Crippen molar-refractivity contribution in [3.63, 3.8) is 0 Å². The summed E-state index contributed by atoms with van der Waals surface area (Å²) in [6.07, 6.45) is -2.00. The molecule has 0 atom stereocenters. The first-order valence-corrected chi connectivity index (χ1v) is 6.16. The van der Waals surface area contributed by atoms with Crippen molar-refractivity contribution in [1.82, 2.24) is 9.97 Å². The van der Waals surface area contributed by atoms with Crippen LogP contribution in [0.25, 0.3) is 0 Å². The van der Waals surface area contributed by atoms with Crippen LogP contribution in [0.4, 0.5) is 24.8 Å². The van der Waals surface area contributed by atoms with Crippen molar-refractivity contribution >= 4 is 11.6 Å². The lowest BCUT2D eigenvalue weighted by molar-refractivity contribution is -0.138. The lowest BCUT2D eigenvalue weighted by Gasteiger charge is -2.10. The van der Waals surface area contributed by atoms with Gasteiger partial charge in [0.25, 0.3) is 0 Å². The van der Waals surface area contributed by atoms with Gasteiger partial charge in [0.1, 0.15) is 0 Å². The Hall–Kier alpha value is -2.11. The molecule has 2 aromatic rings. The quantitative estimate of drug-likeness (QED) is 0.920. The normalized spacial score (nSPS) is 11.4. The second-order valence-electron chi connectivity index (χ2n) is 4.42. The van der Waals surface area contributed by atoms with Crippen LogP contribution in [0.5, 0.6) is 0 Å². The van der Waals surface area contributed by atoms with E-state index in [1.54, 1.807) is 0 Å². The molecule has 0 aliphatic carbocycles. The van der Waals surface area contributed by atoms with E-state index < -0.39 is 11.7 Å². The van der Waals surface area contributed by atoms with Crippen molar-refractivity contribution < 1.29 is 13.2 Å². The molecule has 0 unspecified atom stereocenters. The summed E-state index contributed by atoms with van der Waals surface area (Å²) in [5.74, 6) is 0.148. The predicted molar refractivity (Wildman–Crippen MR) is 70.9 cm³/mol. The molecule has 0 amide bonds. The fraction of sp³-hybridized carbons (Fsp3) is 0.286. The zero-order chi connectivity index (χ0) is 14.8. The van der Waals surface area contributed by atoms with Gasteiger partial charge in [0.05, 0.1) is 5.56 Å². The first kappa shape index (κ1) is 14.3. The average Bonchev–Trinajstić information content (AvgIpc) is 2.41. The number of hydrogen-bond donors (Lipinski definition) is 1. The molecule has 20 heavy (non-hydrogen) atoms. The molecule has 1 heterocycles. The predicted octanol–water partition coefficient (Wildman–Crippen LogP) is 4.11. The van der Waals surface area contributed by atoms with Crippen LogP contribution in [-0.4, -0.2) is 9.97 Å². The van der Waals surface area contributed by atoms with Crippen molar-refractivity contribution in [3.8, 4) is 0 Å². The smallest absolute Gasteiger partial charge is 0.324 e. The molecule has 0 radical (unpaired) electrons. The molecular formula is C14H14F3N3. The minimum atomic E-state index is -4.42. The van der Waals surface area contributed by atoms with Gasteiger partial charge in [0.2, 0.25) is 5.95 Å². The first-order valence-electron chi connectivity index (χ1n) is 6.16. The Morgan fingerprint density at radius 3 is 2.35 bits per heavy atom. The summed E-state index contributed by atoms with van der Waals surface area (Å²) in [6.45, 7) is 3.94. The van der Waals surface area contributed by atoms with Crippen LogP contribution < -0.4 is 5.32 Å². The van der Waals surface area contributed by atoms with Gasteiger partial charge < -0.3 is 5.32 Å². The molecule has 3 nitrogen and oxygen atoms in total. The van der Waals surface area contributed by atoms with Gasteiger partial charge in [-0.3, -0.25) is 0 Å². The summed E-state index contributed by atoms with van der Waals surface area (Å²) in [5.41, 5.74) is 2.04. The Balaban J connectivity index is 2.22. The third-order valence-corrected chi connectivity index (χ3v) is 2.94. The third-order valence-electron chi connectivity index (χ3n) is 2.94. The summed E-state index contributed by atoms with van der Waals surface area (Å²) < 4.78 is 37.2. The number of hydrogen-bond acceptors (Lipinski definition) is 3. The fourth-order valence-electron chi connectivity index (χ4n) is 1.68. The van der Waals surface area contributed by atoms with Gasteiger partial charge >= 0.3 is 6.18 Å². The Morgan fingerprint density at radius 2 is 1.80 bits per heavy atom. The van der Waals surface area contributed by atoms with E-state index in [0.717, 1.165) is 35.6 Å². The molecule has 0 fully saturated rings. The van der Waals surface area contributed by atoms with E-state index in [4.69, 9.17) is 0 Å². The van der Waals surface area contributed by atoms with Gasteiger partial charge in [0.15, 0.2) is 0 Å². The lowest BCUT2D eigenvalue weighted by atomic mass is 10.1. The molecule has 1 aromatic heterocycles. The van der Waals surface area contributed by atoms with Crippen LogP contribution in [0, 0.1) is 6.92 Å². The highest BCUT2D eigenvalue weighted by Gasteiger charge is 2.31. The third kappa shape index (κ3) is 3.26. The molecule has 2 rings (SSSR count). The van der Waals surface area contributed by atoms with Crippen LogP contribution in [0.15, 0.2) is 30.6 Å². The van der Waals surface area contributed by atoms with Gasteiger partial charge in [-0.25, -0.2) is 9.97 Å². The highest BCUT2D eigenvalue weighted by molar-refractivity contribution is 5.59. The van der Waals surface area contributed by atoms with Gasteiger partial charge in [-0.1, -0.05) is 19.1 Å². The summed E-state index contributed by atoms with van der Waals surface area (Å²) in [6, 6.07) is 5.90. The van der Waals surface area contributed by atoms with E-state index in [2.05, 4.69) is 15.3 Å². The highest BCUT2D eigenvalue weighted by Crippen LogP contribution is 2.28. The molecule has 0 bridgehead atoms. The molecule has 1 N–H and O–H groups in total. The van der Waals surface area contributed by atoms with Gasteiger partial charge in [-0.2, -0.15) is 13.2 Å². The number of aromatic nitrogens is 2. The van der Waals surface area contributed by atoms with Crippen LogP contribution in [0.3, 0.4) is 0 Å². The van der Waals surface area contributed by atoms with Crippen molar-refractivity contribution in [2.75, 3.05) is 5.32 Å². The van der Waals surface area contributed by atoms with Gasteiger partial charge in [-0.15, -0.1) is 0 Å². The Labute approximate surface area is 114 Å². The fourth-order valence-corrected chi connectivity index (χ4v) is 1.68. The van der Waals surface area contributed by atoms with E-state index in [0.29, 0.717) is 0 Å². The number of aryl methyl sites for hydroxylation is 2. The summed E-state index contributed by atoms with van der Waals surface area (Å²) >= 11 is 0. The maximum atomic E-state index is 12.4. The van der Waals surface area contributed by atoms with Crippen molar-refractivity contribution in [2.24, 2.45) is 0 Å². The minimum absolute atomic E-state index is 0.148. The number of benzene rings is 1. The Kier molecular flexibility index (Phi) is 3.92. The molecule has 0 saturated heterocycles. The zero-order valence-corrected chi connectivity index (χ0v) is 11.1. The van der Waals surface area contributed by atoms with Crippen LogP contribution in [0.1, 0.15) is 23.6 Å². The largest absolute Gasteiger partial charge is 0.419 e. The van der Waals surface area contributed by atoms with Crippen LogP contribution in [0.2, 0.25) is 0 Å². The van der Waals surface area contributed by atoms with Crippen LogP contribution >= 0.6 is 0 Å². The van der Waals surface area contributed by atoms with Crippen molar-refractivity contribution in [3.05, 3.63) is 47.3 Å². The Morgan fingerprint density at radius 1 is 1.15 bits per heavy atom. The molecule has 0 aliphatic rings. The number of anilines is 2. The number of alkyl halides is 3. The molecule has 1 aromatic carbocycles. The number of halogens is 3. The van der Waals surface area contributed by atoms with E-state index in [9.17, 15) is 13.2 Å². The second kappa shape index (κ2) is 5.48. The maximum Gasteiger partial charge on any atom is 0.419 e. The van der Waals surface area contributed by atoms with Gasteiger partial charge in [-0.05, 0) is 30.5 Å². The first-order chi connectivity index (χ1) is 9.40. The van der Waals surface area contributed by atoms with Crippen LogP contribution in [-0.2, 0) is 12.6 Å². The maximum absolute atomic E-state index is 12.4. The molecular weight excluding hydrogens is 267 g/mol. The molecule has 106 valence electrons. The topological polar surface area (TPSA) is 37.8 Å². The zero-order valence-electron chi connectivity index (χ0n) is 11.1. The van der Waals surface area contributed by atoms with E-state index in [1.807, 2.05) is 32.0 Å². The summed E-state index contributed by atoms with van der Waals surface area (Å²) in [7, 11) is 0. The van der Waals surface area contributed by atoms with E-state index in [-0.39, 0.29) is 5.95 Å². The minimum Gasteiger partial charge on any atom is -0.324 e. The molecule has 0 spiro atoms. The monoisotopic (exact) mass is 281 g/mol. The highest BCUT2D eigenvalue weighted by atomic mass is 19.4.